The number of benzene rings is 1. The van der Waals surface area contributed by atoms with E-state index in [0.29, 0.717) is 11.7 Å². The summed E-state index contributed by atoms with van der Waals surface area (Å²) >= 11 is 1.28. The Morgan fingerprint density at radius 1 is 1.28 bits per heavy atom. The summed E-state index contributed by atoms with van der Waals surface area (Å²) < 4.78 is 0. The van der Waals surface area contributed by atoms with Gasteiger partial charge in [0.05, 0.1) is 5.25 Å². The van der Waals surface area contributed by atoms with Crippen molar-refractivity contribution in [3.8, 4) is 0 Å². The van der Waals surface area contributed by atoms with Crippen molar-refractivity contribution in [1.29, 1.82) is 0 Å². The Kier molecular flexibility index (Phi) is 7.73. The molecule has 6 heteroatoms. The van der Waals surface area contributed by atoms with Crippen LogP contribution < -0.4 is 10.9 Å². The highest BCUT2D eigenvalue weighted by atomic mass is 32.2. The molecule has 0 aliphatic heterocycles. The number of unbranched alkanes of at least 4 members (excludes halogenated alkanes) is 1. The second-order valence-corrected chi connectivity index (χ2v) is 7.26. The third-order valence-electron chi connectivity index (χ3n) is 3.77. The number of carbonyl (C=O) groups excluding carboxylic acids is 1. The number of hydrogen-bond donors (Lipinski definition) is 2. The molecule has 0 bridgehead atoms. The van der Waals surface area contributed by atoms with Gasteiger partial charge < -0.3 is 10.3 Å². The van der Waals surface area contributed by atoms with Gasteiger partial charge in [0, 0.05) is 18.3 Å². The first-order valence-electron chi connectivity index (χ1n) is 8.67. The largest absolute Gasteiger partial charge is 0.355 e. The second-order valence-electron chi connectivity index (χ2n) is 5.93. The van der Waals surface area contributed by atoms with Gasteiger partial charge in [0.2, 0.25) is 5.91 Å². The monoisotopic (exact) mass is 359 g/mol. The Labute approximate surface area is 152 Å². The average Bonchev–Trinajstić information content (AvgIpc) is 2.60. The maximum Gasteiger partial charge on any atom is 0.251 e. The number of amides is 1. The van der Waals surface area contributed by atoms with E-state index in [9.17, 15) is 9.59 Å². The molecule has 0 radical (unpaired) electrons. The van der Waals surface area contributed by atoms with Crippen LogP contribution in [0.25, 0.3) is 0 Å². The number of thioether (sulfide) groups is 1. The van der Waals surface area contributed by atoms with Crippen molar-refractivity contribution < 1.29 is 4.79 Å². The normalized spacial score (nSPS) is 11.9. The lowest BCUT2D eigenvalue weighted by Crippen LogP contribution is -2.32. The number of rotatable bonds is 9. The van der Waals surface area contributed by atoms with E-state index >= 15 is 0 Å². The zero-order valence-electron chi connectivity index (χ0n) is 14.7. The number of carbonyl (C=O) groups is 1. The minimum Gasteiger partial charge on any atom is -0.355 e. The summed E-state index contributed by atoms with van der Waals surface area (Å²) in [6.07, 6.45) is 3.63. The minimum absolute atomic E-state index is 0.0532. The van der Waals surface area contributed by atoms with Crippen LogP contribution in [0.3, 0.4) is 0 Å². The second kappa shape index (κ2) is 10.0. The van der Waals surface area contributed by atoms with Gasteiger partial charge in [-0.15, -0.1) is 0 Å². The van der Waals surface area contributed by atoms with Gasteiger partial charge >= 0.3 is 0 Å². The smallest absolute Gasteiger partial charge is 0.251 e. The number of H-pyrrole nitrogens is 1. The summed E-state index contributed by atoms with van der Waals surface area (Å²) in [7, 11) is 0. The van der Waals surface area contributed by atoms with Crippen molar-refractivity contribution in [3.63, 3.8) is 0 Å². The van der Waals surface area contributed by atoms with E-state index in [2.05, 4.69) is 22.2 Å². The maximum absolute atomic E-state index is 12.2. The highest BCUT2D eigenvalue weighted by Crippen LogP contribution is 2.18. The maximum atomic E-state index is 12.2. The van der Waals surface area contributed by atoms with Crippen molar-refractivity contribution >= 4 is 17.7 Å². The molecule has 0 aliphatic carbocycles. The first-order chi connectivity index (χ1) is 12.1. The minimum atomic E-state index is -0.319. The molecule has 1 aromatic carbocycles. The molecule has 2 N–H and O–H groups in total. The van der Waals surface area contributed by atoms with Gasteiger partial charge in [0.25, 0.3) is 5.56 Å². The molecule has 0 spiro atoms. The quantitative estimate of drug-likeness (QED) is 0.533. The molecule has 1 amide bonds. The highest BCUT2D eigenvalue weighted by molar-refractivity contribution is 8.00. The number of nitrogens with zero attached hydrogens (tertiary/aromatic N) is 1. The summed E-state index contributed by atoms with van der Waals surface area (Å²) in [5, 5.41) is 3.12. The molecule has 1 aromatic heterocycles. The first kappa shape index (κ1) is 19.2. The van der Waals surface area contributed by atoms with Gasteiger partial charge in [0.1, 0.15) is 0 Å². The van der Waals surface area contributed by atoms with E-state index in [4.69, 9.17) is 0 Å². The molecule has 1 heterocycles. The van der Waals surface area contributed by atoms with Crippen LogP contribution in [-0.4, -0.2) is 27.7 Å². The van der Waals surface area contributed by atoms with Crippen molar-refractivity contribution in [2.45, 2.75) is 49.9 Å². The number of aryl methyl sites for hydroxylation is 1. The molecule has 25 heavy (non-hydrogen) atoms. The van der Waals surface area contributed by atoms with Crippen molar-refractivity contribution in [1.82, 2.24) is 15.3 Å². The van der Waals surface area contributed by atoms with E-state index in [1.54, 1.807) is 0 Å². The predicted octanol–water partition coefficient (Wildman–Crippen LogP) is 2.95. The molecule has 1 atom stereocenters. The third-order valence-corrected chi connectivity index (χ3v) is 4.76. The third kappa shape index (κ3) is 6.74. The molecule has 0 saturated heterocycles. The molecule has 2 aromatic rings. The Morgan fingerprint density at radius 3 is 2.76 bits per heavy atom. The van der Waals surface area contributed by atoms with Gasteiger partial charge in [-0.05, 0) is 31.7 Å². The molecule has 0 aliphatic rings. The summed E-state index contributed by atoms with van der Waals surface area (Å²) in [6, 6.07) is 11.6. The van der Waals surface area contributed by atoms with Gasteiger partial charge in [0.15, 0.2) is 5.16 Å². The van der Waals surface area contributed by atoms with Gasteiger partial charge in [-0.2, -0.15) is 0 Å². The number of hydrogen-bond acceptors (Lipinski definition) is 4. The van der Waals surface area contributed by atoms with Gasteiger partial charge in [-0.3, -0.25) is 9.59 Å². The van der Waals surface area contributed by atoms with Crippen LogP contribution in [0.1, 0.15) is 37.9 Å². The molecule has 134 valence electrons. The van der Waals surface area contributed by atoms with Crippen molar-refractivity contribution in [3.05, 3.63) is 58.0 Å². The van der Waals surface area contributed by atoms with E-state index < -0.39 is 0 Å². The molecular weight excluding hydrogens is 334 g/mol. The fraction of sp³-hybridized carbons (Fsp3) is 0.421. The van der Waals surface area contributed by atoms with Crippen LogP contribution in [0.4, 0.5) is 0 Å². The SMILES string of the molecule is CCCCc1cc(=O)[nH]c(SC(C)C(=O)NCCc2ccccc2)n1. The van der Waals surface area contributed by atoms with Crippen LogP contribution in [0, 0.1) is 0 Å². The number of aromatic nitrogens is 2. The Balaban J connectivity index is 1.85. The number of nitrogens with one attached hydrogen (secondary N) is 2. The topological polar surface area (TPSA) is 74.8 Å². The van der Waals surface area contributed by atoms with E-state index in [1.165, 1.54) is 23.4 Å². The highest BCUT2D eigenvalue weighted by Gasteiger charge is 2.15. The summed E-state index contributed by atoms with van der Waals surface area (Å²) in [4.78, 5) is 31.1. The Morgan fingerprint density at radius 2 is 2.04 bits per heavy atom. The molecular formula is C19H25N3O2S. The van der Waals surface area contributed by atoms with Crippen molar-refractivity contribution in [2.24, 2.45) is 0 Å². The Hall–Kier alpha value is -2.08. The number of aromatic amines is 1. The molecule has 0 saturated carbocycles. The fourth-order valence-corrected chi connectivity index (χ4v) is 3.22. The summed E-state index contributed by atoms with van der Waals surface area (Å²) in [5.41, 5.74) is 1.81. The van der Waals surface area contributed by atoms with Crippen molar-refractivity contribution in [2.75, 3.05) is 6.54 Å². The average molecular weight is 359 g/mol. The first-order valence-corrected chi connectivity index (χ1v) is 9.55. The van der Waals surface area contributed by atoms with Crippen LogP contribution >= 0.6 is 11.8 Å². The predicted molar refractivity (Wildman–Crippen MR) is 102 cm³/mol. The van der Waals surface area contributed by atoms with Crippen LogP contribution in [0.15, 0.2) is 46.3 Å². The zero-order chi connectivity index (χ0) is 18.1. The zero-order valence-corrected chi connectivity index (χ0v) is 15.6. The summed E-state index contributed by atoms with van der Waals surface area (Å²) in [6.45, 7) is 4.51. The molecule has 2 rings (SSSR count). The van der Waals surface area contributed by atoms with E-state index in [1.807, 2.05) is 37.3 Å². The Bertz CT molecular complexity index is 731. The van der Waals surface area contributed by atoms with Crippen LogP contribution in [0.5, 0.6) is 0 Å². The van der Waals surface area contributed by atoms with Gasteiger partial charge in [-0.1, -0.05) is 55.4 Å². The lowest BCUT2D eigenvalue weighted by molar-refractivity contribution is -0.120. The van der Waals surface area contributed by atoms with Gasteiger partial charge in [-0.25, -0.2) is 4.98 Å². The lowest BCUT2D eigenvalue weighted by Gasteiger charge is -2.12. The molecule has 1 unspecified atom stereocenters. The molecule has 5 nitrogen and oxygen atoms in total. The molecule has 0 fully saturated rings. The fourth-order valence-electron chi connectivity index (χ4n) is 2.36. The van der Waals surface area contributed by atoms with Crippen LogP contribution in [0.2, 0.25) is 0 Å². The van der Waals surface area contributed by atoms with Crippen LogP contribution in [-0.2, 0) is 17.6 Å². The van der Waals surface area contributed by atoms with E-state index in [0.717, 1.165) is 31.4 Å². The standard InChI is InChI=1S/C19H25N3O2S/c1-3-4-10-16-13-17(23)22-19(21-16)25-14(2)18(24)20-12-11-15-8-6-5-7-9-15/h5-9,13-14H,3-4,10-12H2,1-2H3,(H,20,24)(H,21,22,23). The van der Waals surface area contributed by atoms with E-state index in [-0.39, 0.29) is 16.7 Å². The summed E-state index contributed by atoms with van der Waals surface area (Å²) in [5.74, 6) is -0.0532. The lowest BCUT2D eigenvalue weighted by atomic mass is 10.1.